The van der Waals surface area contributed by atoms with Crippen molar-refractivity contribution in [3.63, 3.8) is 0 Å². The fraction of sp³-hybridized carbons (Fsp3) is 0.318. The molecule has 1 aliphatic carbocycles. The molecule has 1 aliphatic rings. The largest absolute Gasteiger partial charge is 0.368 e. The molecule has 29 heavy (non-hydrogen) atoms. The molecule has 0 radical (unpaired) electrons. The number of H-pyrrole nitrogens is 1. The molecule has 152 valence electrons. The van der Waals surface area contributed by atoms with Gasteiger partial charge in [-0.1, -0.05) is 0 Å². The van der Waals surface area contributed by atoms with Crippen LogP contribution < -0.4 is 11.1 Å². The minimum atomic E-state index is -0.651. The summed E-state index contributed by atoms with van der Waals surface area (Å²) in [6.45, 7) is 2.37. The topological polar surface area (TPSA) is 70.9 Å². The molecule has 0 aliphatic heterocycles. The van der Waals surface area contributed by atoms with E-state index in [9.17, 15) is 18.0 Å². The molecule has 1 atom stereocenters. The van der Waals surface area contributed by atoms with Crippen molar-refractivity contribution in [1.82, 2.24) is 10.3 Å². The zero-order valence-electron chi connectivity index (χ0n) is 15.9. The lowest BCUT2D eigenvalue weighted by atomic mass is 9.70. The highest BCUT2D eigenvalue weighted by Gasteiger charge is 2.34. The first-order valence-electron chi connectivity index (χ1n) is 9.62. The Morgan fingerprint density at radius 3 is 2.52 bits per heavy atom. The van der Waals surface area contributed by atoms with Crippen molar-refractivity contribution < 1.29 is 18.0 Å². The lowest BCUT2D eigenvalue weighted by Crippen LogP contribution is -2.43. The maximum Gasteiger partial charge on any atom is 0.234 e. The van der Waals surface area contributed by atoms with E-state index in [1.54, 1.807) is 19.1 Å². The number of amides is 1. The molecule has 7 heteroatoms. The molecule has 1 amide bonds. The number of aromatic amines is 1. The van der Waals surface area contributed by atoms with Crippen LogP contribution in [0.2, 0.25) is 0 Å². The predicted molar refractivity (Wildman–Crippen MR) is 106 cm³/mol. The third-order valence-corrected chi connectivity index (χ3v) is 5.78. The maximum absolute atomic E-state index is 14.4. The molecule has 0 unspecified atom stereocenters. The van der Waals surface area contributed by atoms with E-state index in [2.05, 4.69) is 10.3 Å². The Morgan fingerprint density at radius 2 is 1.86 bits per heavy atom. The molecule has 1 heterocycles. The highest BCUT2D eigenvalue weighted by Crippen LogP contribution is 2.48. The number of benzene rings is 2. The molecule has 1 aromatic heterocycles. The zero-order valence-corrected chi connectivity index (χ0v) is 15.9. The average molecular weight is 401 g/mol. The van der Waals surface area contributed by atoms with Crippen molar-refractivity contribution in [3.05, 3.63) is 59.4 Å². The van der Waals surface area contributed by atoms with Crippen LogP contribution in [0.15, 0.2) is 36.4 Å². The van der Waals surface area contributed by atoms with Crippen LogP contribution >= 0.6 is 0 Å². The van der Waals surface area contributed by atoms with E-state index < -0.39 is 23.6 Å². The lowest BCUT2D eigenvalue weighted by molar-refractivity contribution is -0.119. The van der Waals surface area contributed by atoms with Crippen molar-refractivity contribution in [3.8, 4) is 11.3 Å². The first-order chi connectivity index (χ1) is 13.8. The Labute approximate surface area is 166 Å². The molecular formula is C22H22F3N3O. The summed E-state index contributed by atoms with van der Waals surface area (Å²) >= 11 is 0. The molecule has 0 spiro atoms. The molecule has 0 saturated heterocycles. The third-order valence-electron chi connectivity index (χ3n) is 5.78. The Morgan fingerprint density at radius 1 is 1.17 bits per heavy atom. The Balaban J connectivity index is 1.65. The van der Waals surface area contributed by atoms with Crippen molar-refractivity contribution >= 4 is 16.8 Å². The number of carbonyl (C=O) groups excluding carboxylic acids is 1. The number of carbonyl (C=O) groups is 1. The fourth-order valence-electron chi connectivity index (χ4n) is 4.09. The summed E-state index contributed by atoms with van der Waals surface area (Å²) in [6, 6.07) is 7.75. The van der Waals surface area contributed by atoms with Crippen LogP contribution in [-0.4, -0.2) is 23.5 Å². The van der Waals surface area contributed by atoms with Crippen molar-refractivity contribution in [2.45, 2.75) is 31.7 Å². The highest BCUT2D eigenvalue weighted by molar-refractivity contribution is 5.92. The fourth-order valence-corrected chi connectivity index (χ4v) is 4.09. The minimum Gasteiger partial charge on any atom is -0.368 e. The molecule has 3 aromatic rings. The van der Waals surface area contributed by atoms with Gasteiger partial charge in [0.15, 0.2) is 0 Å². The predicted octanol–water partition coefficient (Wildman–Crippen LogP) is 4.21. The van der Waals surface area contributed by atoms with Crippen LogP contribution in [-0.2, 0) is 4.79 Å². The lowest BCUT2D eigenvalue weighted by Gasteiger charge is -2.36. The van der Waals surface area contributed by atoms with Crippen molar-refractivity contribution in [2.75, 3.05) is 6.54 Å². The number of nitrogens with one attached hydrogen (secondary N) is 2. The Bertz CT molecular complexity index is 1060. The number of rotatable bonds is 6. The number of nitrogens with two attached hydrogens (primary N) is 1. The summed E-state index contributed by atoms with van der Waals surface area (Å²) < 4.78 is 41.7. The first kappa shape index (κ1) is 19.5. The Kier molecular flexibility index (Phi) is 5.08. The summed E-state index contributed by atoms with van der Waals surface area (Å²) in [5.74, 6) is -1.59. The van der Waals surface area contributed by atoms with Gasteiger partial charge in [-0.2, -0.15) is 0 Å². The Hall–Kier alpha value is -2.80. The van der Waals surface area contributed by atoms with Gasteiger partial charge in [0.25, 0.3) is 0 Å². The van der Waals surface area contributed by atoms with Gasteiger partial charge in [-0.3, -0.25) is 4.79 Å². The standard InChI is InChI=1S/C22H22F3N3O/c1-11(22(26)29)27-10-12-6-14(7-12)19-17-8-16(24)9-18(25)21(17)28-20(19)13-2-4-15(23)5-3-13/h2-5,8-9,11-12,14,27-28H,6-7,10H2,1H3,(H2,26,29)/t11-,12?,14?/m0/s1. The summed E-state index contributed by atoms with van der Waals surface area (Å²) in [5.41, 5.74) is 7.78. The van der Waals surface area contributed by atoms with Crippen LogP contribution in [0.25, 0.3) is 22.2 Å². The second kappa shape index (κ2) is 7.55. The normalized spacial score (nSPS) is 19.9. The quantitative estimate of drug-likeness (QED) is 0.579. The van der Waals surface area contributed by atoms with E-state index in [0.29, 0.717) is 23.5 Å². The van der Waals surface area contributed by atoms with E-state index in [1.807, 2.05) is 0 Å². The van der Waals surface area contributed by atoms with Gasteiger partial charge in [0.1, 0.15) is 17.5 Å². The number of aromatic nitrogens is 1. The van der Waals surface area contributed by atoms with Gasteiger partial charge in [0.2, 0.25) is 5.91 Å². The number of fused-ring (bicyclic) bond motifs is 1. The van der Waals surface area contributed by atoms with Crippen LogP contribution in [0.1, 0.15) is 31.2 Å². The van der Waals surface area contributed by atoms with Gasteiger partial charge in [0, 0.05) is 11.5 Å². The van der Waals surface area contributed by atoms with Gasteiger partial charge in [-0.15, -0.1) is 0 Å². The first-order valence-corrected chi connectivity index (χ1v) is 9.62. The van der Waals surface area contributed by atoms with Crippen molar-refractivity contribution in [1.29, 1.82) is 0 Å². The minimum absolute atomic E-state index is 0.112. The summed E-state index contributed by atoms with van der Waals surface area (Å²) in [7, 11) is 0. The second-order valence-electron chi connectivity index (χ2n) is 7.80. The molecule has 2 aromatic carbocycles. The number of primary amides is 1. The van der Waals surface area contributed by atoms with Gasteiger partial charge < -0.3 is 16.0 Å². The van der Waals surface area contributed by atoms with Crippen LogP contribution in [0.5, 0.6) is 0 Å². The van der Waals surface area contributed by atoms with Gasteiger partial charge in [-0.25, -0.2) is 13.2 Å². The molecule has 1 fully saturated rings. The van der Waals surface area contributed by atoms with Crippen LogP contribution in [0.3, 0.4) is 0 Å². The summed E-state index contributed by atoms with van der Waals surface area (Å²) in [5, 5.41) is 3.63. The molecule has 4 nitrogen and oxygen atoms in total. The number of halogens is 3. The zero-order chi connectivity index (χ0) is 20.7. The van der Waals surface area contributed by atoms with E-state index in [1.165, 1.54) is 18.2 Å². The van der Waals surface area contributed by atoms with Crippen LogP contribution in [0.4, 0.5) is 13.2 Å². The number of hydrogen-bond acceptors (Lipinski definition) is 2. The third kappa shape index (κ3) is 3.74. The molecule has 4 N–H and O–H groups in total. The average Bonchev–Trinajstić information content (AvgIpc) is 3.00. The SMILES string of the molecule is C[C@H](NCC1CC(c2c(-c3ccc(F)cc3)[nH]c3c(F)cc(F)cc23)C1)C(N)=O. The molecule has 4 rings (SSSR count). The monoisotopic (exact) mass is 401 g/mol. The molecule has 1 saturated carbocycles. The van der Waals surface area contributed by atoms with E-state index >= 15 is 0 Å². The highest BCUT2D eigenvalue weighted by atomic mass is 19.1. The van der Waals surface area contributed by atoms with Gasteiger partial charge in [-0.05, 0) is 79.6 Å². The summed E-state index contributed by atoms with van der Waals surface area (Å²) in [4.78, 5) is 14.2. The van der Waals surface area contributed by atoms with Gasteiger partial charge >= 0.3 is 0 Å². The molecule has 0 bridgehead atoms. The van der Waals surface area contributed by atoms with Gasteiger partial charge in [0.05, 0.1) is 17.3 Å². The van der Waals surface area contributed by atoms with Crippen LogP contribution in [0, 0.1) is 23.4 Å². The van der Waals surface area contributed by atoms with E-state index in [4.69, 9.17) is 5.73 Å². The van der Waals surface area contributed by atoms with Crippen molar-refractivity contribution in [2.24, 2.45) is 11.7 Å². The number of hydrogen-bond donors (Lipinski definition) is 3. The smallest absolute Gasteiger partial charge is 0.234 e. The maximum atomic E-state index is 14.4. The second-order valence-corrected chi connectivity index (χ2v) is 7.80. The van der Waals surface area contributed by atoms with E-state index in [0.717, 1.165) is 30.0 Å². The molecular weight excluding hydrogens is 379 g/mol. The van der Waals surface area contributed by atoms with E-state index in [-0.39, 0.29) is 17.3 Å². The summed E-state index contributed by atoms with van der Waals surface area (Å²) in [6.07, 6.45) is 1.63.